The number of carbonyl (C=O) groups excluding carboxylic acids is 2. The van der Waals surface area contributed by atoms with E-state index in [0.717, 1.165) is 11.1 Å². The molecular formula is C18H19NO4. The van der Waals surface area contributed by atoms with Crippen LogP contribution in [0.25, 0.3) is 0 Å². The van der Waals surface area contributed by atoms with Crippen LogP contribution in [-0.2, 0) is 14.3 Å². The highest BCUT2D eigenvalue weighted by Gasteiger charge is 2.09. The molecule has 0 aliphatic heterocycles. The van der Waals surface area contributed by atoms with Gasteiger partial charge in [-0.05, 0) is 49.2 Å². The first-order chi connectivity index (χ1) is 11.0. The number of nitrogens with one attached hydrogen (secondary N) is 1. The molecule has 0 fully saturated rings. The molecule has 0 heterocycles. The molecule has 120 valence electrons. The van der Waals surface area contributed by atoms with Gasteiger partial charge in [0.05, 0.1) is 0 Å². The predicted molar refractivity (Wildman–Crippen MR) is 87.4 cm³/mol. The lowest BCUT2D eigenvalue weighted by Crippen LogP contribution is -2.23. The minimum Gasteiger partial charge on any atom is -0.482 e. The van der Waals surface area contributed by atoms with Crippen molar-refractivity contribution in [3.05, 3.63) is 59.7 Å². The third-order valence-corrected chi connectivity index (χ3v) is 3.25. The Morgan fingerprint density at radius 3 is 2.39 bits per heavy atom. The van der Waals surface area contributed by atoms with Gasteiger partial charge in [0.25, 0.3) is 5.91 Å². The maximum atomic E-state index is 11.8. The van der Waals surface area contributed by atoms with E-state index in [0.29, 0.717) is 11.4 Å². The van der Waals surface area contributed by atoms with Crippen molar-refractivity contribution in [1.82, 2.24) is 0 Å². The lowest BCUT2D eigenvalue weighted by atomic mass is 10.1. The van der Waals surface area contributed by atoms with Crippen LogP contribution in [-0.4, -0.2) is 25.1 Å². The van der Waals surface area contributed by atoms with Crippen LogP contribution in [0.15, 0.2) is 48.5 Å². The highest BCUT2D eigenvalue weighted by atomic mass is 16.6. The Morgan fingerprint density at radius 2 is 1.70 bits per heavy atom. The van der Waals surface area contributed by atoms with Crippen molar-refractivity contribution in [2.75, 3.05) is 18.5 Å². The number of rotatable bonds is 6. The monoisotopic (exact) mass is 313 g/mol. The maximum Gasteiger partial charge on any atom is 0.344 e. The third-order valence-electron chi connectivity index (χ3n) is 3.25. The van der Waals surface area contributed by atoms with E-state index in [1.807, 2.05) is 32.0 Å². The standard InChI is InChI=1S/C18H19NO4/c1-13-8-9-15(10-14(13)2)19-17(20)11-23-18(21)12-22-16-6-4-3-5-7-16/h3-10H,11-12H2,1-2H3,(H,19,20). The number of aryl methyl sites for hydroxylation is 2. The van der Waals surface area contributed by atoms with Crippen molar-refractivity contribution >= 4 is 17.6 Å². The van der Waals surface area contributed by atoms with E-state index >= 15 is 0 Å². The lowest BCUT2D eigenvalue weighted by molar-refractivity contribution is -0.149. The van der Waals surface area contributed by atoms with Gasteiger partial charge in [0.2, 0.25) is 0 Å². The molecule has 0 atom stereocenters. The van der Waals surface area contributed by atoms with Crippen LogP contribution in [0.1, 0.15) is 11.1 Å². The molecule has 0 aliphatic carbocycles. The topological polar surface area (TPSA) is 64.6 Å². The fourth-order valence-corrected chi connectivity index (χ4v) is 1.86. The first kappa shape index (κ1) is 16.5. The Morgan fingerprint density at radius 1 is 0.957 bits per heavy atom. The highest BCUT2D eigenvalue weighted by Crippen LogP contribution is 2.14. The van der Waals surface area contributed by atoms with Crippen molar-refractivity contribution in [2.45, 2.75) is 13.8 Å². The number of anilines is 1. The van der Waals surface area contributed by atoms with Gasteiger partial charge in [-0.3, -0.25) is 4.79 Å². The van der Waals surface area contributed by atoms with Crippen LogP contribution in [0.3, 0.4) is 0 Å². The van der Waals surface area contributed by atoms with Gasteiger partial charge >= 0.3 is 5.97 Å². The number of amides is 1. The summed E-state index contributed by atoms with van der Waals surface area (Å²) in [6.07, 6.45) is 0. The average Bonchev–Trinajstić information content (AvgIpc) is 2.55. The van der Waals surface area contributed by atoms with Crippen LogP contribution >= 0.6 is 0 Å². The van der Waals surface area contributed by atoms with Gasteiger partial charge in [0.15, 0.2) is 13.2 Å². The SMILES string of the molecule is Cc1ccc(NC(=O)COC(=O)COc2ccccc2)cc1C. The Labute approximate surface area is 135 Å². The molecule has 5 nitrogen and oxygen atoms in total. The number of hydrogen-bond acceptors (Lipinski definition) is 4. The molecule has 0 saturated heterocycles. The fourth-order valence-electron chi connectivity index (χ4n) is 1.86. The van der Waals surface area contributed by atoms with Crippen molar-refractivity contribution in [1.29, 1.82) is 0 Å². The molecule has 0 bridgehead atoms. The van der Waals surface area contributed by atoms with Gasteiger partial charge < -0.3 is 14.8 Å². The van der Waals surface area contributed by atoms with Gasteiger partial charge in [0.1, 0.15) is 5.75 Å². The molecule has 0 unspecified atom stereocenters. The number of hydrogen-bond donors (Lipinski definition) is 1. The molecule has 0 saturated carbocycles. The Hall–Kier alpha value is -2.82. The molecule has 23 heavy (non-hydrogen) atoms. The smallest absolute Gasteiger partial charge is 0.344 e. The molecule has 0 aliphatic rings. The van der Waals surface area contributed by atoms with Crippen molar-refractivity contribution < 1.29 is 19.1 Å². The summed E-state index contributed by atoms with van der Waals surface area (Å²) in [7, 11) is 0. The molecule has 5 heteroatoms. The number of para-hydroxylation sites is 1. The predicted octanol–water partition coefficient (Wildman–Crippen LogP) is 2.86. The largest absolute Gasteiger partial charge is 0.482 e. The Balaban J connectivity index is 1.73. The first-order valence-electron chi connectivity index (χ1n) is 7.25. The minimum atomic E-state index is -0.593. The summed E-state index contributed by atoms with van der Waals surface area (Å²) in [5, 5.41) is 2.68. The van der Waals surface area contributed by atoms with Crippen molar-refractivity contribution in [3.8, 4) is 5.75 Å². The van der Waals surface area contributed by atoms with Crippen LogP contribution in [0, 0.1) is 13.8 Å². The van der Waals surface area contributed by atoms with Gasteiger partial charge in [0, 0.05) is 5.69 Å². The van der Waals surface area contributed by atoms with Gasteiger partial charge in [-0.2, -0.15) is 0 Å². The summed E-state index contributed by atoms with van der Waals surface area (Å²) in [4.78, 5) is 23.3. The van der Waals surface area contributed by atoms with E-state index in [-0.39, 0.29) is 19.1 Å². The van der Waals surface area contributed by atoms with E-state index in [1.165, 1.54) is 0 Å². The number of ether oxygens (including phenoxy) is 2. The second kappa shape index (κ2) is 7.98. The summed E-state index contributed by atoms with van der Waals surface area (Å²) >= 11 is 0. The average molecular weight is 313 g/mol. The lowest BCUT2D eigenvalue weighted by Gasteiger charge is -2.09. The van der Waals surface area contributed by atoms with Crippen LogP contribution in [0.2, 0.25) is 0 Å². The molecule has 0 aromatic heterocycles. The Kier molecular flexibility index (Phi) is 5.74. The van der Waals surface area contributed by atoms with Crippen LogP contribution in [0.5, 0.6) is 5.75 Å². The maximum absolute atomic E-state index is 11.8. The van der Waals surface area contributed by atoms with Gasteiger partial charge in [-0.15, -0.1) is 0 Å². The molecular weight excluding hydrogens is 294 g/mol. The van der Waals surface area contributed by atoms with E-state index in [4.69, 9.17) is 9.47 Å². The van der Waals surface area contributed by atoms with Crippen LogP contribution in [0.4, 0.5) is 5.69 Å². The molecule has 0 spiro atoms. The minimum absolute atomic E-state index is 0.235. The molecule has 1 N–H and O–H groups in total. The normalized spacial score (nSPS) is 10.0. The van der Waals surface area contributed by atoms with E-state index in [9.17, 15) is 9.59 Å². The second-order valence-electron chi connectivity index (χ2n) is 5.11. The zero-order valence-electron chi connectivity index (χ0n) is 13.2. The zero-order chi connectivity index (χ0) is 16.7. The second-order valence-corrected chi connectivity index (χ2v) is 5.11. The van der Waals surface area contributed by atoms with Gasteiger partial charge in [-0.1, -0.05) is 24.3 Å². The summed E-state index contributed by atoms with van der Waals surface area (Å²) in [5.74, 6) is -0.408. The molecule has 0 radical (unpaired) electrons. The van der Waals surface area contributed by atoms with E-state index < -0.39 is 5.97 Å². The van der Waals surface area contributed by atoms with Crippen LogP contribution < -0.4 is 10.1 Å². The third kappa shape index (κ3) is 5.47. The zero-order valence-corrected chi connectivity index (χ0v) is 13.2. The number of benzene rings is 2. The van der Waals surface area contributed by atoms with E-state index in [1.54, 1.807) is 30.3 Å². The first-order valence-corrected chi connectivity index (χ1v) is 7.25. The number of carbonyl (C=O) groups is 2. The summed E-state index contributed by atoms with van der Waals surface area (Å²) in [5.41, 5.74) is 2.90. The quantitative estimate of drug-likeness (QED) is 0.833. The molecule has 2 rings (SSSR count). The molecule has 1 amide bonds. The molecule has 2 aromatic rings. The summed E-state index contributed by atoms with van der Waals surface area (Å²) < 4.78 is 10.1. The Bertz CT molecular complexity index is 683. The highest BCUT2D eigenvalue weighted by molar-refractivity contribution is 5.92. The van der Waals surface area contributed by atoms with E-state index in [2.05, 4.69) is 5.32 Å². The summed E-state index contributed by atoms with van der Waals surface area (Å²) in [6, 6.07) is 14.5. The fraction of sp³-hybridized carbons (Fsp3) is 0.222. The van der Waals surface area contributed by atoms with Crippen molar-refractivity contribution in [3.63, 3.8) is 0 Å². The van der Waals surface area contributed by atoms with Gasteiger partial charge in [-0.25, -0.2) is 4.79 Å². The summed E-state index contributed by atoms with van der Waals surface area (Å²) in [6.45, 7) is 3.38. The van der Waals surface area contributed by atoms with Crippen molar-refractivity contribution in [2.24, 2.45) is 0 Å². The number of esters is 1. The molecule has 2 aromatic carbocycles.